The van der Waals surface area contributed by atoms with Gasteiger partial charge < -0.3 is 10.5 Å². The molecule has 1 aromatic carbocycles. The topological polar surface area (TPSA) is 95.9 Å². The van der Waals surface area contributed by atoms with Crippen LogP contribution in [0.2, 0.25) is 0 Å². The third-order valence-corrected chi connectivity index (χ3v) is 3.34. The minimum Gasteiger partial charge on any atom is -0.496 e. The van der Waals surface area contributed by atoms with Gasteiger partial charge in [-0.15, -0.1) is 5.10 Å². The lowest BCUT2D eigenvalue weighted by molar-refractivity contribution is 0.416. The van der Waals surface area contributed by atoms with Crippen molar-refractivity contribution in [2.75, 3.05) is 24.9 Å². The lowest BCUT2D eigenvalue weighted by Crippen LogP contribution is -2.10. The SMILES string of the molecule is COc1ccc(N)cc1-c1nnnn1CCS(C)=O. The summed E-state index contributed by atoms with van der Waals surface area (Å²) >= 11 is 0. The molecule has 0 amide bonds. The Kier molecular flexibility index (Phi) is 4.10. The zero-order chi connectivity index (χ0) is 13.8. The number of nitrogen functional groups attached to an aromatic ring is 1. The smallest absolute Gasteiger partial charge is 0.185 e. The largest absolute Gasteiger partial charge is 0.496 e. The van der Waals surface area contributed by atoms with Crippen molar-refractivity contribution in [3.05, 3.63) is 18.2 Å². The average Bonchev–Trinajstić information content (AvgIpc) is 2.84. The van der Waals surface area contributed by atoms with Gasteiger partial charge >= 0.3 is 0 Å². The van der Waals surface area contributed by atoms with Crippen molar-refractivity contribution in [3.63, 3.8) is 0 Å². The Labute approximate surface area is 113 Å². The molecule has 0 aliphatic carbocycles. The number of tetrazole rings is 1. The Morgan fingerprint density at radius 2 is 2.26 bits per heavy atom. The van der Waals surface area contributed by atoms with Crippen LogP contribution in [0.1, 0.15) is 0 Å². The molecule has 102 valence electrons. The van der Waals surface area contributed by atoms with E-state index in [1.165, 1.54) is 0 Å². The van der Waals surface area contributed by atoms with Crippen LogP contribution in [0, 0.1) is 0 Å². The number of benzene rings is 1. The van der Waals surface area contributed by atoms with E-state index in [0.29, 0.717) is 29.6 Å². The van der Waals surface area contributed by atoms with E-state index >= 15 is 0 Å². The zero-order valence-electron chi connectivity index (χ0n) is 10.7. The molecule has 1 aromatic heterocycles. The number of anilines is 1. The van der Waals surface area contributed by atoms with Crippen molar-refractivity contribution in [2.45, 2.75) is 6.54 Å². The third-order valence-electron chi connectivity index (χ3n) is 2.59. The second kappa shape index (κ2) is 5.79. The monoisotopic (exact) mass is 281 g/mol. The van der Waals surface area contributed by atoms with E-state index < -0.39 is 10.8 Å². The highest BCUT2D eigenvalue weighted by Gasteiger charge is 2.14. The van der Waals surface area contributed by atoms with Crippen molar-refractivity contribution in [3.8, 4) is 17.1 Å². The minimum absolute atomic E-state index is 0.476. The van der Waals surface area contributed by atoms with Gasteiger partial charge in [-0.3, -0.25) is 4.21 Å². The number of methoxy groups -OCH3 is 1. The first kappa shape index (κ1) is 13.5. The lowest BCUT2D eigenvalue weighted by Gasteiger charge is -2.09. The highest BCUT2D eigenvalue weighted by atomic mass is 32.2. The van der Waals surface area contributed by atoms with E-state index in [1.807, 2.05) is 0 Å². The molecule has 0 spiro atoms. The molecule has 19 heavy (non-hydrogen) atoms. The Hall–Kier alpha value is -1.96. The summed E-state index contributed by atoms with van der Waals surface area (Å²) in [6, 6.07) is 5.27. The van der Waals surface area contributed by atoms with Gasteiger partial charge in [0.15, 0.2) is 5.82 Å². The Balaban J connectivity index is 2.39. The summed E-state index contributed by atoms with van der Waals surface area (Å²) in [4.78, 5) is 0. The number of hydrogen-bond acceptors (Lipinski definition) is 6. The normalized spacial score (nSPS) is 12.3. The lowest BCUT2D eigenvalue weighted by atomic mass is 10.1. The molecule has 1 atom stereocenters. The van der Waals surface area contributed by atoms with Crippen LogP contribution in [0.15, 0.2) is 18.2 Å². The van der Waals surface area contributed by atoms with Gasteiger partial charge in [0.25, 0.3) is 0 Å². The van der Waals surface area contributed by atoms with Gasteiger partial charge in [0.2, 0.25) is 0 Å². The number of hydrogen-bond donors (Lipinski definition) is 1. The van der Waals surface area contributed by atoms with Crippen LogP contribution >= 0.6 is 0 Å². The second-order valence-corrected chi connectivity index (χ2v) is 5.52. The summed E-state index contributed by atoms with van der Waals surface area (Å²) in [6.07, 6.45) is 1.64. The number of aryl methyl sites for hydroxylation is 1. The molecule has 0 fully saturated rings. The van der Waals surface area contributed by atoms with Crippen LogP contribution in [0.4, 0.5) is 5.69 Å². The molecule has 0 aliphatic heterocycles. The zero-order valence-corrected chi connectivity index (χ0v) is 11.6. The fourth-order valence-electron chi connectivity index (χ4n) is 1.66. The molecule has 8 heteroatoms. The molecule has 0 saturated carbocycles. The fourth-order valence-corrected chi connectivity index (χ4v) is 2.09. The summed E-state index contributed by atoms with van der Waals surface area (Å²) in [5.74, 6) is 1.68. The molecular formula is C11H15N5O2S. The predicted molar refractivity (Wildman–Crippen MR) is 73.2 cm³/mol. The molecular weight excluding hydrogens is 266 g/mol. The van der Waals surface area contributed by atoms with Crippen LogP contribution in [0.25, 0.3) is 11.4 Å². The van der Waals surface area contributed by atoms with Gasteiger partial charge in [-0.25, -0.2) is 4.68 Å². The van der Waals surface area contributed by atoms with Gasteiger partial charge in [0.1, 0.15) is 5.75 Å². The fraction of sp³-hybridized carbons (Fsp3) is 0.364. The van der Waals surface area contributed by atoms with Crippen LogP contribution in [0.3, 0.4) is 0 Å². The van der Waals surface area contributed by atoms with Crippen molar-refractivity contribution >= 4 is 16.5 Å². The van der Waals surface area contributed by atoms with Gasteiger partial charge in [-0.05, 0) is 28.6 Å². The number of nitrogens with zero attached hydrogens (tertiary/aromatic N) is 4. The Morgan fingerprint density at radius 1 is 1.47 bits per heavy atom. The summed E-state index contributed by atoms with van der Waals surface area (Å²) < 4.78 is 18.0. The first-order chi connectivity index (χ1) is 9.11. The number of rotatable bonds is 5. The molecule has 2 N–H and O–H groups in total. The Bertz CT molecular complexity index is 599. The molecule has 7 nitrogen and oxygen atoms in total. The van der Waals surface area contributed by atoms with Crippen molar-refractivity contribution < 1.29 is 8.95 Å². The number of nitrogens with two attached hydrogens (primary N) is 1. The van der Waals surface area contributed by atoms with E-state index in [0.717, 1.165) is 5.56 Å². The van der Waals surface area contributed by atoms with E-state index in [-0.39, 0.29) is 0 Å². The van der Waals surface area contributed by atoms with Gasteiger partial charge in [0.05, 0.1) is 19.2 Å². The van der Waals surface area contributed by atoms with Gasteiger partial charge in [-0.2, -0.15) is 0 Å². The molecule has 1 unspecified atom stereocenters. The third kappa shape index (κ3) is 3.08. The first-order valence-electron chi connectivity index (χ1n) is 5.62. The molecule has 2 rings (SSSR count). The summed E-state index contributed by atoms with van der Waals surface area (Å²) in [6.45, 7) is 0.476. The van der Waals surface area contributed by atoms with E-state index in [9.17, 15) is 4.21 Å². The van der Waals surface area contributed by atoms with Crippen LogP contribution in [-0.4, -0.2) is 43.5 Å². The van der Waals surface area contributed by atoms with Crippen molar-refractivity contribution in [1.82, 2.24) is 20.2 Å². The molecule has 0 aliphatic rings. The van der Waals surface area contributed by atoms with Gasteiger partial charge in [-0.1, -0.05) is 0 Å². The molecule has 0 saturated heterocycles. The summed E-state index contributed by atoms with van der Waals surface area (Å²) in [5, 5.41) is 11.5. The quantitative estimate of drug-likeness (QED) is 0.792. The highest BCUT2D eigenvalue weighted by Crippen LogP contribution is 2.29. The molecule has 0 bridgehead atoms. The van der Waals surface area contributed by atoms with Crippen LogP contribution in [0.5, 0.6) is 5.75 Å². The number of aromatic nitrogens is 4. The maximum atomic E-state index is 11.1. The summed E-state index contributed by atoms with van der Waals surface area (Å²) in [5.41, 5.74) is 7.10. The average molecular weight is 281 g/mol. The highest BCUT2D eigenvalue weighted by molar-refractivity contribution is 7.84. The maximum absolute atomic E-state index is 11.1. The Morgan fingerprint density at radius 3 is 2.95 bits per heavy atom. The van der Waals surface area contributed by atoms with Crippen LogP contribution in [-0.2, 0) is 17.3 Å². The van der Waals surface area contributed by atoms with Crippen molar-refractivity contribution in [2.24, 2.45) is 0 Å². The van der Waals surface area contributed by atoms with Crippen LogP contribution < -0.4 is 10.5 Å². The van der Waals surface area contributed by atoms with Gasteiger partial charge in [0, 0.05) is 28.5 Å². The predicted octanol–water partition coefficient (Wildman–Crippen LogP) is 0.309. The molecule has 0 radical (unpaired) electrons. The maximum Gasteiger partial charge on any atom is 0.185 e. The number of ether oxygens (including phenoxy) is 1. The minimum atomic E-state index is -0.899. The molecule has 2 aromatic rings. The first-order valence-corrected chi connectivity index (χ1v) is 7.34. The van der Waals surface area contributed by atoms with E-state index in [2.05, 4.69) is 15.5 Å². The van der Waals surface area contributed by atoms with E-state index in [1.54, 1.807) is 36.2 Å². The molecule has 1 heterocycles. The van der Waals surface area contributed by atoms with Crippen molar-refractivity contribution in [1.29, 1.82) is 0 Å². The second-order valence-electron chi connectivity index (χ2n) is 3.96. The van der Waals surface area contributed by atoms with E-state index in [4.69, 9.17) is 10.5 Å². The summed E-state index contributed by atoms with van der Waals surface area (Å²) in [7, 11) is 0.675. The standard InChI is InChI=1S/C11H15N5O2S/c1-18-10-4-3-8(12)7-9(10)11-13-14-15-16(11)5-6-19(2)17/h3-4,7H,5-6,12H2,1-2H3.